The molecule has 0 spiro atoms. The number of rotatable bonds is 3. The maximum atomic E-state index is 12.8. The van der Waals surface area contributed by atoms with E-state index in [2.05, 4.69) is 13.0 Å². The van der Waals surface area contributed by atoms with E-state index in [4.69, 9.17) is 0 Å². The Labute approximate surface area is 141 Å². The SMILES string of the molecule is CC1CCCC(C2CC=C(C3CCC(C(F)F)CC3)CC2)CC1. The van der Waals surface area contributed by atoms with Crippen LogP contribution in [0.15, 0.2) is 11.6 Å². The van der Waals surface area contributed by atoms with E-state index in [1.54, 1.807) is 5.57 Å². The highest BCUT2D eigenvalue weighted by Gasteiger charge is 2.31. The largest absolute Gasteiger partial charge is 0.241 e. The van der Waals surface area contributed by atoms with Gasteiger partial charge < -0.3 is 0 Å². The lowest BCUT2D eigenvalue weighted by Crippen LogP contribution is -2.23. The minimum absolute atomic E-state index is 0.323. The topological polar surface area (TPSA) is 0 Å². The fraction of sp³-hybridized carbons (Fsp3) is 0.905. The van der Waals surface area contributed by atoms with Crippen LogP contribution in [0.25, 0.3) is 0 Å². The van der Waals surface area contributed by atoms with Crippen molar-refractivity contribution in [2.24, 2.45) is 29.6 Å². The first kappa shape index (κ1) is 17.4. The van der Waals surface area contributed by atoms with Crippen LogP contribution in [0.2, 0.25) is 0 Å². The second-order valence-electron chi connectivity index (χ2n) is 8.63. The molecule has 0 aromatic carbocycles. The lowest BCUT2D eigenvalue weighted by Gasteiger charge is -2.34. The monoisotopic (exact) mass is 324 g/mol. The van der Waals surface area contributed by atoms with Crippen molar-refractivity contribution in [2.75, 3.05) is 0 Å². The average Bonchev–Trinajstić information content (AvgIpc) is 2.80. The van der Waals surface area contributed by atoms with Gasteiger partial charge in [-0.15, -0.1) is 0 Å². The quantitative estimate of drug-likeness (QED) is 0.387. The molecule has 0 nitrogen and oxygen atoms in total. The number of allylic oxidation sites excluding steroid dienone is 2. The summed E-state index contributed by atoms with van der Waals surface area (Å²) in [6.45, 7) is 2.41. The van der Waals surface area contributed by atoms with Crippen LogP contribution in [-0.2, 0) is 0 Å². The Kier molecular flexibility index (Phi) is 6.15. The molecular formula is C21H34F2. The Hall–Kier alpha value is -0.400. The molecule has 2 saturated carbocycles. The fourth-order valence-electron chi connectivity index (χ4n) is 5.40. The summed E-state index contributed by atoms with van der Waals surface area (Å²) in [6, 6.07) is 0. The van der Waals surface area contributed by atoms with Gasteiger partial charge in [0.05, 0.1) is 0 Å². The third-order valence-electron chi connectivity index (χ3n) is 7.11. The van der Waals surface area contributed by atoms with Crippen molar-refractivity contribution in [3.63, 3.8) is 0 Å². The van der Waals surface area contributed by atoms with Crippen LogP contribution >= 0.6 is 0 Å². The summed E-state index contributed by atoms with van der Waals surface area (Å²) < 4.78 is 25.6. The zero-order valence-electron chi connectivity index (χ0n) is 14.8. The van der Waals surface area contributed by atoms with E-state index < -0.39 is 6.43 Å². The molecule has 3 aliphatic carbocycles. The molecule has 3 rings (SSSR count). The van der Waals surface area contributed by atoms with Gasteiger partial charge in [-0.05, 0) is 75.0 Å². The molecule has 0 aliphatic heterocycles. The van der Waals surface area contributed by atoms with Gasteiger partial charge in [0, 0.05) is 5.92 Å². The van der Waals surface area contributed by atoms with E-state index in [0.717, 1.165) is 43.4 Å². The van der Waals surface area contributed by atoms with Crippen molar-refractivity contribution < 1.29 is 8.78 Å². The zero-order valence-corrected chi connectivity index (χ0v) is 14.8. The van der Waals surface area contributed by atoms with Gasteiger partial charge in [-0.2, -0.15) is 0 Å². The van der Waals surface area contributed by atoms with Crippen LogP contribution in [0.3, 0.4) is 0 Å². The maximum Gasteiger partial charge on any atom is 0.241 e. The molecule has 3 aliphatic rings. The van der Waals surface area contributed by atoms with Gasteiger partial charge in [0.25, 0.3) is 0 Å². The summed E-state index contributed by atoms with van der Waals surface area (Å²) in [7, 11) is 0. The van der Waals surface area contributed by atoms with E-state index in [0.29, 0.717) is 5.92 Å². The average molecular weight is 324 g/mol. The summed E-state index contributed by atoms with van der Waals surface area (Å²) in [5.41, 5.74) is 1.62. The zero-order chi connectivity index (χ0) is 16.2. The standard InChI is InChI=1S/C21H34F2/c1-15-3-2-4-16(6-5-15)17-7-9-18(10-8-17)19-11-13-20(14-12-19)21(22)23/h9,15-17,19-21H,2-8,10-14H2,1H3. The molecule has 0 aromatic heterocycles. The van der Waals surface area contributed by atoms with Gasteiger partial charge >= 0.3 is 0 Å². The van der Waals surface area contributed by atoms with Gasteiger partial charge in [-0.3, -0.25) is 0 Å². The van der Waals surface area contributed by atoms with E-state index >= 15 is 0 Å². The van der Waals surface area contributed by atoms with E-state index in [1.165, 1.54) is 51.4 Å². The Morgan fingerprint density at radius 2 is 1.65 bits per heavy atom. The molecule has 0 N–H and O–H groups in total. The first-order valence-electron chi connectivity index (χ1n) is 10.1. The molecule has 0 radical (unpaired) electrons. The van der Waals surface area contributed by atoms with Crippen molar-refractivity contribution in [2.45, 2.75) is 90.4 Å². The normalized spacial score (nSPS) is 39.8. The maximum absolute atomic E-state index is 12.8. The lowest BCUT2D eigenvalue weighted by atomic mass is 9.71. The molecule has 2 heteroatoms. The molecular weight excluding hydrogens is 290 g/mol. The molecule has 2 fully saturated rings. The van der Waals surface area contributed by atoms with Crippen molar-refractivity contribution >= 4 is 0 Å². The highest BCUT2D eigenvalue weighted by molar-refractivity contribution is 5.12. The third-order valence-corrected chi connectivity index (χ3v) is 7.11. The fourth-order valence-corrected chi connectivity index (χ4v) is 5.40. The molecule has 0 aromatic rings. The molecule has 0 heterocycles. The number of halogens is 2. The summed E-state index contributed by atoms with van der Waals surface area (Å²) in [4.78, 5) is 0. The molecule has 0 bridgehead atoms. The second-order valence-corrected chi connectivity index (χ2v) is 8.63. The van der Waals surface area contributed by atoms with Gasteiger partial charge in [-0.1, -0.05) is 44.3 Å². The molecule has 23 heavy (non-hydrogen) atoms. The van der Waals surface area contributed by atoms with Crippen LogP contribution in [0, 0.1) is 29.6 Å². The predicted octanol–water partition coefficient (Wildman–Crippen LogP) is 7.00. The van der Waals surface area contributed by atoms with Gasteiger partial charge in [0.15, 0.2) is 0 Å². The molecule has 132 valence electrons. The van der Waals surface area contributed by atoms with Crippen molar-refractivity contribution in [3.8, 4) is 0 Å². The Morgan fingerprint density at radius 3 is 2.30 bits per heavy atom. The number of alkyl halides is 2. The Morgan fingerprint density at radius 1 is 0.870 bits per heavy atom. The molecule has 0 amide bonds. The summed E-state index contributed by atoms with van der Waals surface area (Å²) in [6.07, 6.45) is 15.0. The smallest absolute Gasteiger partial charge is 0.210 e. The summed E-state index contributed by atoms with van der Waals surface area (Å²) >= 11 is 0. The van der Waals surface area contributed by atoms with Crippen LogP contribution in [0.5, 0.6) is 0 Å². The van der Waals surface area contributed by atoms with Crippen LogP contribution in [-0.4, -0.2) is 6.43 Å². The van der Waals surface area contributed by atoms with Gasteiger partial charge in [0.2, 0.25) is 6.43 Å². The minimum atomic E-state index is -2.10. The lowest BCUT2D eigenvalue weighted by molar-refractivity contribution is 0.0492. The molecule has 3 atom stereocenters. The number of hydrogen-bond acceptors (Lipinski definition) is 0. The third kappa shape index (κ3) is 4.57. The van der Waals surface area contributed by atoms with Crippen molar-refractivity contribution in [3.05, 3.63) is 11.6 Å². The second kappa shape index (κ2) is 8.12. The predicted molar refractivity (Wildman–Crippen MR) is 92.6 cm³/mol. The first-order valence-corrected chi connectivity index (χ1v) is 10.1. The van der Waals surface area contributed by atoms with E-state index in [1.807, 2.05) is 0 Å². The van der Waals surface area contributed by atoms with Gasteiger partial charge in [0.1, 0.15) is 0 Å². The first-order chi connectivity index (χ1) is 11.1. The van der Waals surface area contributed by atoms with Gasteiger partial charge in [-0.25, -0.2) is 8.78 Å². The molecule has 3 unspecified atom stereocenters. The summed E-state index contributed by atoms with van der Waals surface area (Å²) in [5.74, 6) is 3.09. The highest BCUT2D eigenvalue weighted by atomic mass is 19.3. The van der Waals surface area contributed by atoms with Crippen LogP contribution < -0.4 is 0 Å². The van der Waals surface area contributed by atoms with Crippen LogP contribution in [0.4, 0.5) is 8.78 Å². The Balaban J connectivity index is 1.49. The van der Waals surface area contributed by atoms with Crippen LogP contribution in [0.1, 0.15) is 84.0 Å². The Bertz CT molecular complexity index is 393. The number of hydrogen-bond donors (Lipinski definition) is 0. The van der Waals surface area contributed by atoms with Crippen molar-refractivity contribution in [1.82, 2.24) is 0 Å². The summed E-state index contributed by atoms with van der Waals surface area (Å²) in [5, 5.41) is 0. The van der Waals surface area contributed by atoms with Crippen molar-refractivity contribution in [1.29, 1.82) is 0 Å². The van der Waals surface area contributed by atoms with E-state index in [-0.39, 0.29) is 5.92 Å². The molecule has 0 saturated heterocycles. The van der Waals surface area contributed by atoms with E-state index in [9.17, 15) is 8.78 Å². The minimum Gasteiger partial charge on any atom is -0.210 e. The highest BCUT2D eigenvalue weighted by Crippen LogP contribution is 2.43.